The number of aromatic carboxylic acids is 1. The van der Waals surface area contributed by atoms with Gasteiger partial charge >= 0.3 is 5.97 Å². The highest BCUT2D eigenvalue weighted by molar-refractivity contribution is 7.15. The van der Waals surface area contributed by atoms with E-state index in [9.17, 15) is 14.7 Å². The van der Waals surface area contributed by atoms with E-state index in [-0.39, 0.29) is 23.1 Å². The summed E-state index contributed by atoms with van der Waals surface area (Å²) in [5.41, 5.74) is 8.01. The minimum Gasteiger partial charge on any atom is -0.496 e. The first-order valence-electron chi connectivity index (χ1n) is 10.4. The second-order valence-corrected chi connectivity index (χ2v) is 8.56. The number of carboxylic acid groups (broad SMARTS) is 1. The molecule has 0 radical (unpaired) electrons. The lowest BCUT2D eigenvalue weighted by Crippen LogP contribution is -2.32. The van der Waals surface area contributed by atoms with Crippen LogP contribution in [0.2, 0.25) is 0 Å². The molecule has 9 heteroatoms. The number of carbonyl (C=O) groups is 2. The van der Waals surface area contributed by atoms with Gasteiger partial charge < -0.3 is 25.2 Å². The zero-order valence-corrected chi connectivity index (χ0v) is 19.6. The average molecular weight is 470 g/mol. The van der Waals surface area contributed by atoms with E-state index in [4.69, 9.17) is 15.2 Å². The van der Waals surface area contributed by atoms with Crippen LogP contribution >= 0.6 is 11.3 Å². The van der Waals surface area contributed by atoms with E-state index in [1.807, 2.05) is 37.3 Å². The number of benzene rings is 2. The summed E-state index contributed by atoms with van der Waals surface area (Å²) in [6, 6.07) is 13.4. The van der Waals surface area contributed by atoms with Gasteiger partial charge in [0.25, 0.3) is 5.91 Å². The Morgan fingerprint density at radius 1 is 1.12 bits per heavy atom. The van der Waals surface area contributed by atoms with E-state index in [0.29, 0.717) is 28.6 Å². The molecule has 0 unspecified atom stereocenters. The number of aromatic nitrogens is 1. The summed E-state index contributed by atoms with van der Waals surface area (Å²) in [4.78, 5) is 30.6. The Morgan fingerprint density at radius 2 is 1.76 bits per heavy atom. The van der Waals surface area contributed by atoms with Gasteiger partial charge in [-0.05, 0) is 37.5 Å². The molecule has 0 spiro atoms. The molecule has 1 amide bonds. The van der Waals surface area contributed by atoms with Crippen molar-refractivity contribution in [3.05, 3.63) is 69.9 Å². The third kappa shape index (κ3) is 5.81. The lowest BCUT2D eigenvalue weighted by molar-refractivity contribution is 0.0692. The molecular formula is C24H27N3O5S. The van der Waals surface area contributed by atoms with Gasteiger partial charge in [0.05, 0.1) is 20.8 Å². The lowest BCUT2D eigenvalue weighted by atomic mass is 10.1. The van der Waals surface area contributed by atoms with Crippen molar-refractivity contribution < 1.29 is 24.2 Å². The van der Waals surface area contributed by atoms with Crippen LogP contribution in [-0.4, -0.2) is 47.6 Å². The first-order valence-corrected chi connectivity index (χ1v) is 11.2. The van der Waals surface area contributed by atoms with Gasteiger partial charge in [-0.3, -0.25) is 4.79 Å². The van der Waals surface area contributed by atoms with Crippen LogP contribution in [0.1, 0.15) is 43.4 Å². The Hall–Kier alpha value is -3.59. The monoisotopic (exact) mass is 469 g/mol. The number of nitrogens with zero attached hydrogens (tertiary/aromatic N) is 2. The smallest absolute Gasteiger partial charge is 0.357 e. The van der Waals surface area contributed by atoms with Crippen molar-refractivity contribution in [3.63, 3.8) is 0 Å². The highest BCUT2D eigenvalue weighted by atomic mass is 32.1. The van der Waals surface area contributed by atoms with E-state index >= 15 is 0 Å². The minimum absolute atomic E-state index is 0.118. The molecule has 174 valence electrons. The summed E-state index contributed by atoms with van der Waals surface area (Å²) >= 11 is 1.07. The molecule has 0 bridgehead atoms. The fourth-order valence-electron chi connectivity index (χ4n) is 3.53. The van der Waals surface area contributed by atoms with E-state index in [2.05, 4.69) is 4.98 Å². The molecule has 0 saturated heterocycles. The number of carboxylic acids is 1. The van der Waals surface area contributed by atoms with E-state index in [1.54, 1.807) is 31.3 Å². The van der Waals surface area contributed by atoms with Crippen LogP contribution < -0.4 is 15.2 Å². The Kier molecular flexibility index (Phi) is 7.89. The molecule has 0 atom stereocenters. The van der Waals surface area contributed by atoms with Crippen LogP contribution in [0.3, 0.4) is 0 Å². The average Bonchev–Trinajstić information content (AvgIpc) is 3.19. The number of hydrogen-bond acceptors (Lipinski definition) is 7. The number of anilines is 1. The first-order chi connectivity index (χ1) is 15.8. The predicted molar refractivity (Wildman–Crippen MR) is 127 cm³/mol. The maximum atomic E-state index is 13.5. The van der Waals surface area contributed by atoms with Gasteiger partial charge in [0.15, 0.2) is 5.69 Å². The van der Waals surface area contributed by atoms with Gasteiger partial charge in [-0.2, -0.15) is 0 Å². The van der Waals surface area contributed by atoms with E-state index in [1.165, 1.54) is 5.56 Å². The SMILES string of the molecule is COc1cc(C(=O)N(CCCc2ccccc2)Cc2nc(C(=O)O)c(N)s2)cc(OC)c1C. The predicted octanol–water partition coefficient (Wildman–Crippen LogP) is 4.02. The quantitative estimate of drug-likeness (QED) is 0.461. The van der Waals surface area contributed by atoms with Crippen LogP contribution in [0.15, 0.2) is 42.5 Å². The number of rotatable bonds is 10. The highest BCUT2D eigenvalue weighted by Gasteiger charge is 2.22. The van der Waals surface area contributed by atoms with Gasteiger partial charge in [-0.1, -0.05) is 41.7 Å². The van der Waals surface area contributed by atoms with Crippen molar-refractivity contribution in [3.8, 4) is 11.5 Å². The van der Waals surface area contributed by atoms with Gasteiger partial charge in [0.2, 0.25) is 0 Å². The molecule has 3 N–H and O–H groups in total. The molecule has 1 heterocycles. The topological polar surface area (TPSA) is 115 Å². The van der Waals surface area contributed by atoms with Crippen molar-refractivity contribution in [1.29, 1.82) is 0 Å². The second-order valence-electron chi connectivity index (χ2n) is 7.45. The van der Waals surface area contributed by atoms with E-state index < -0.39 is 5.97 Å². The zero-order valence-electron chi connectivity index (χ0n) is 18.8. The first kappa shape index (κ1) is 24.1. The molecule has 0 fully saturated rings. The Bertz CT molecular complexity index is 1110. The van der Waals surface area contributed by atoms with Gasteiger partial charge in [-0.15, -0.1) is 0 Å². The van der Waals surface area contributed by atoms with Crippen LogP contribution in [0.5, 0.6) is 11.5 Å². The normalized spacial score (nSPS) is 10.6. The molecule has 0 aliphatic heterocycles. The molecule has 3 rings (SSSR count). The largest absolute Gasteiger partial charge is 0.496 e. The molecule has 8 nitrogen and oxygen atoms in total. The number of hydrogen-bond donors (Lipinski definition) is 2. The highest BCUT2D eigenvalue weighted by Crippen LogP contribution is 2.31. The molecule has 0 aliphatic rings. The lowest BCUT2D eigenvalue weighted by Gasteiger charge is -2.23. The molecule has 0 saturated carbocycles. The van der Waals surface area contributed by atoms with Crippen molar-refractivity contribution in [1.82, 2.24) is 9.88 Å². The standard InChI is InChI=1S/C24H27N3O5S/c1-15-18(31-2)12-17(13-19(15)32-3)23(28)27(11-7-10-16-8-5-4-6-9-16)14-20-26-21(24(29)30)22(25)33-20/h4-6,8-9,12-13H,7,10-11,14,25H2,1-3H3,(H,29,30). The number of nitrogens with two attached hydrogens (primary N) is 1. The summed E-state index contributed by atoms with van der Waals surface area (Å²) in [5.74, 6) is -0.322. The summed E-state index contributed by atoms with van der Waals surface area (Å²) < 4.78 is 10.8. The van der Waals surface area contributed by atoms with Crippen LogP contribution in [0.4, 0.5) is 5.00 Å². The van der Waals surface area contributed by atoms with Gasteiger partial charge in [-0.25, -0.2) is 9.78 Å². The number of nitrogen functional groups attached to an aromatic ring is 1. The summed E-state index contributed by atoms with van der Waals surface area (Å²) in [6.07, 6.45) is 1.52. The third-order valence-corrected chi connectivity index (χ3v) is 6.12. The third-order valence-electron chi connectivity index (χ3n) is 5.25. The number of aryl methyl sites for hydroxylation is 1. The number of carbonyl (C=O) groups excluding carboxylic acids is 1. The maximum absolute atomic E-state index is 13.5. The fraction of sp³-hybridized carbons (Fsp3) is 0.292. The van der Waals surface area contributed by atoms with Crippen LogP contribution in [0.25, 0.3) is 0 Å². The van der Waals surface area contributed by atoms with Crippen LogP contribution in [-0.2, 0) is 13.0 Å². The van der Waals surface area contributed by atoms with Crippen molar-refractivity contribution in [2.24, 2.45) is 0 Å². The Labute approximate surface area is 196 Å². The molecule has 1 aromatic heterocycles. The Balaban J connectivity index is 1.87. The molecule has 0 aliphatic carbocycles. The van der Waals surface area contributed by atoms with Crippen LogP contribution in [0, 0.1) is 6.92 Å². The number of thiazole rings is 1. The van der Waals surface area contributed by atoms with Crippen molar-refractivity contribution in [2.75, 3.05) is 26.5 Å². The Morgan fingerprint density at radius 3 is 2.30 bits per heavy atom. The number of amides is 1. The fourth-order valence-corrected chi connectivity index (χ4v) is 4.37. The van der Waals surface area contributed by atoms with Gasteiger partial charge in [0.1, 0.15) is 21.5 Å². The summed E-state index contributed by atoms with van der Waals surface area (Å²) in [6.45, 7) is 2.46. The molecule has 3 aromatic rings. The maximum Gasteiger partial charge on any atom is 0.357 e. The van der Waals surface area contributed by atoms with Crippen molar-refractivity contribution >= 4 is 28.2 Å². The molecular weight excluding hydrogens is 442 g/mol. The number of methoxy groups -OCH3 is 2. The zero-order chi connectivity index (χ0) is 24.0. The summed E-state index contributed by atoms with van der Waals surface area (Å²) in [7, 11) is 3.08. The van der Waals surface area contributed by atoms with E-state index in [0.717, 1.165) is 29.7 Å². The molecule has 33 heavy (non-hydrogen) atoms. The van der Waals surface area contributed by atoms with Gasteiger partial charge in [0, 0.05) is 17.7 Å². The number of ether oxygens (including phenoxy) is 2. The minimum atomic E-state index is -1.19. The molecule has 2 aromatic carbocycles. The second kappa shape index (κ2) is 10.8. The van der Waals surface area contributed by atoms with Crippen molar-refractivity contribution in [2.45, 2.75) is 26.3 Å². The summed E-state index contributed by atoms with van der Waals surface area (Å²) in [5, 5.41) is 9.85.